The highest BCUT2D eigenvalue weighted by Gasteiger charge is 1.99. The van der Waals surface area contributed by atoms with E-state index < -0.39 is 0 Å². The summed E-state index contributed by atoms with van der Waals surface area (Å²) in [7, 11) is 0. The minimum absolute atomic E-state index is 0.341. The Bertz CT molecular complexity index is 218. The van der Waals surface area contributed by atoms with Crippen LogP contribution < -0.4 is 0 Å². The molecule has 3 nitrogen and oxygen atoms in total. The quantitative estimate of drug-likeness (QED) is 0.678. The van der Waals surface area contributed by atoms with Crippen LogP contribution in [0, 0.1) is 6.92 Å². The molecule has 0 aromatic carbocycles. The molecular formula is C8H12N2O. The van der Waals surface area contributed by atoms with Crippen LogP contribution in [-0.2, 0) is 6.42 Å². The summed E-state index contributed by atoms with van der Waals surface area (Å²) in [6.45, 7) is 3.63. The molecule has 60 valence electrons. The van der Waals surface area contributed by atoms with E-state index in [1.807, 2.05) is 19.1 Å². The van der Waals surface area contributed by atoms with Crippen LogP contribution in [0.25, 0.3) is 0 Å². The van der Waals surface area contributed by atoms with Gasteiger partial charge in [-0.3, -0.25) is 0 Å². The van der Waals surface area contributed by atoms with Gasteiger partial charge in [0.1, 0.15) is 0 Å². The third-order valence-electron chi connectivity index (χ3n) is 1.36. The molecule has 0 radical (unpaired) electrons. The van der Waals surface area contributed by atoms with Gasteiger partial charge in [0.05, 0.1) is 17.5 Å². The number of aliphatic hydroxyl groups excluding tert-OH is 1. The van der Waals surface area contributed by atoms with Crippen molar-refractivity contribution in [3.8, 4) is 0 Å². The highest BCUT2D eigenvalue weighted by molar-refractivity contribution is 5.05. The molecule has 3 heteroatoms. The molecule has 0 saturated heterocycles. The first-order valence-electron chi connectivity index (χ1n) is 3.66. The second-order valence-electron chi connectivity index (χ2n) is 2.72. The molecule has 0 aliphatic carbocycles. The van der Waals surface area contributed by atoms with E-state index in [0.717, 1.165) is 11.4 Å². The van der Waals surface area contributed by atoms with Crippen molar-refractivity contribution in [2.45, 2.75) is 26.4 Å². The third-order valence-corrected chi connectivity index (χ3v) is 1.36. The van der Waals surface area contributed by atoms with Gasteiger partial charge in [-0.2, -0.15) is 10.2 Å². The second kappa shape index (κ2) is 3.44. The molecule has 0 aliphatic rings. The molecule has 0 amide bonds. The fourth-order valence-corrected chi connectivity index (χ4v) is 0.838. The van der Waals surface area contributed by atoms with Crippen molar-refractivity contribution in [1.82, 2.24) is 10.2 Å². The van der Waals surface area contributed by atoms with Gasteiger partial charge in [-0.05, 0) is 26.0 Å². The fraction of sp³-hybridized carbons (Fsp3) is 0.500. The summed E-state index contributed by atoms with van der Waals surface area (Å²) >= 11 is 0. The van der Waals surface area contributed by atoms with Crippen molar-refractivity contribution in [2.75, 3.05) is 0 Å². The molecule has 0 bridgehead atoms. The summed E-state index contributed by atoms with van der Waals surface area (Å²) in [6, 6.07) is 3.78. The topological polar surface area (TPSA) is 46.0 Å². The first-order chi connectivity index (χ1) is 5.18. The van der Waals surface area contributed by atoms with E-state index in [1.54, 1.807) is 6.92 Å². The molecule has 0 aliphatic heterocycles. The summed E-state index contributed by atoms with van der Waals surface area (Å²) in [5.41, 5.74) is 1.74. The standard InChI is InChI=1S/C8H12N2O/c1-6-3-4-8(10-9-6)5-7(2)11/h3-4,7,11H,5H2,1-2H3. The number of hydrogen-bond donors (Lipinski definition) is 1. The molecule has 1 unspecified atom stereocenters. The first-order valence-corrected chi connectivity index (χ1v) is 3.66. The molecule has 1 heterocycles. The van der Waals surface area contributed by atoms with Crippen molar-refractivity contribution < 1.29 is 5.11 Å². The molecule has 1 atom stereocenters. The fourth-order valence-electron chi connectivity index (χ4n) is 0.838. The maximum absolute atomic E-state index is 9.01. The summed E-state index contributed by atoms with van der Waals surface area (Å²) in [5.74, 6) is 0. The van der Waals surface area contributed by atoms with Gasteiger partial charge >= 0.3 is 0 Å². The average molecular weight is 152 g/mol. The van der Waals surface area contributed by atoms with Crippen molar-refractivity contribution in [3.05, 3.63) is 23.5 Å². The summed E-state index contributed by atoms with van der Waals surface area (Å²) < 4.78 is 0. The predicted octanol–water partition coefficient (Wildman–Crippen LogP) is 0.708. The van der Waals surface area contributed by atoms with Crippen molar-refractivity contribution in [1.29, 1.82) is 0 Å². The normalized spacial score (nSPS) is 13.0. The summed E-state index contributed by atoms with van der Waals surface area (Å²) in [6.07, 6.45) is 0.236. The molecule has 0 spiro atoms. The van der Waals surface area contributed by atoms with Crippen LogP contribution in [0.4, 0.5) is 0 Å². The Labute approximate surface area is 66.1 Å². The van der Waals surface area contributed by atoms with Gasteiger partial charge < -0.3 is 5.11 Å². The molecular weight excluding hydrogens is 140 g/mol. The minimum Gasteiger partial charge on any atom is -0.393 e. The van der Waals surface area contributed by atoms with Crippen molar-refractivity contribution >= 4 is 0 Å². The van der Waals surface area contributed by atoms with Gasteiger partial charge in [-0.1, -0.05) is 0 Å². The van der Waals surface area contributed by atoms with Crippen molar-refractivity contribution in [3.63, 3.8) is 0 Å². The Morgan fingerprint density at radius 2 is 2.18 bits per heavy atom. The van der Waals surface area contributed by atoms with Gasteiger partial charge in [0.25, 0.3) is 0 Å². The zero-order valence-corrected chi connectivity index (χ0v) is 6.78. The smallest absolute Gasteiger partial charge is 0.0656 e. The lowest BCUT2D eigenvalue weighted by atomic mass is 10.2. The number of aromatic nitrogens is 2. The maximum Gasteiger partial charge on any atom is 0.0656 e. The Morgan fingerprint density at radius 1 is 1.45 bits per heavy atom. The van der Waals surface area contributed by atoms with Crippen molar-refractivity contribution in [2.24, 2.45) is 0 Å². The van der Waals surface area contributed by atoms with Gasteiger partial charge in [-0.15, -0.1) is 0 Å². The number of aliphatic hydroxyl groups is 1. The summed E-state index contributed by atoms with van der Waals surface area (Å²) in [4.78, 5) is 0. The van der Waals surface area contributed by atoms with E-state index in [9.17, 15) is 0 Å². The zero-order valence-electron chi connectivity index (χ0n) is 6.78. The summed E-state index contributed by atoms with van der Waals surface area (Å²) in [5, 5.41) is 16.8. The number of hydrogen-bond acceptors (Lipinski definition) is 3. The Morgan fingerprint density at radius 3 is 2.64 bits per heavy atom. The lowest BCUT2D eigenvalue weighted by Gasteiger charge is -2.01. The van der Waals surface area contributed by atoms with E-state index in [4.69, 9.17) is 5.11 Å². The SMILES string of the molecule is Cc1ccc(CC(C)O)nn1. The van der Waals surface area contributed by atoms with E-state index in [2.05, 4.69) is 10.2 Å². The Balaban J connectivity index is 2.66. The lowest BCUT2D eigenvalue weighted by Crippen LogP contribution is -2.06. The van der Waals surface area contributed by atoms with Crippen LogP contribution in [0.2, 0.25) is 0 Å². The Kier molecular flexibility index (Phi) is 2.54. The van der Waals surface area contributed by atoms with Crippen LogP contribution in [0.1, 0.15) is 18.3 Å². The van der Waals surface area contributed by atoms with E-state index in [-0.39, 0.29) is 6.10 Å². The van der Waals surface area contributed by atoms with E-state index >= 15 is 0 Å². The van der Waals surface area contributed by atoms with Gasteiger partial charge in [-0.25, -0.2) is 0 Å². The molecule has 1 aromatic heterocycles. The molecule has 0 fully saturated rings. The minimum atomic E-state index is -0.341. The van der Waals surface area contributed by atoms with Crippen LogP contribution >= 0.6 is 0 Å². The first kappa shape index (κ1) is 8.14. The number of rotatable bonds is 2. The van der Waals surface area contributed by atoms with Gasteiger partial charge in [0.15, 0.2) is 0 Å². The molecule has 11 heavy (non-hydrogen) atoms. The van der Waals surface area contributed by atoms with Crippen LogP contribution in [-0.4, -0.2) is 21.4 Å². The monoisotopic (exact) mass is 152 g/mol. The third kappa shape index (κ3) is 2.63. The lowest BCUT2D eigenvalue weighted by molar-refractivity contribution is 0.194. The molecule has 1 rings (SSSR count). The molecule has 1 aromatic rings. The highest BCUT2D eigenvalue weighted by atomic mass is 16.3. The number of aryl methyl sites for hydroxylation is 1. The largest absolute Gasteiger partial charge is 0.393 e. The maximum atomic E-state index is 9.01. The molecule has 1 N–H and O–H groups in total. The average Bonchev–Trinajstić information content (AvgIpc) is 1.93. The predicted molar refractivity (Wildman–Crippen MR) is 42.2 cm³/mol. The zero-order chi connectivity index (χ0) is 8.27. The van der Waals surface area contributed by atoms with E-state index in [1.165, 1.54) is 0 Å². The number of nitrogens with zero attached hydrogens (tertiary/aromatic N) is 2. The highest BCUT2D eigenvalue weighted by Crippen LogP contribution is 1.98. The van der Waals surface area contributed by atoms with Gasteiger partial charge in [0, 0.05) is 6.42 Å². The van der Waals surface area contributed by atoms with Gasteiger partial charge in [0.2, 0.25) is 0 Å². The van der Waals surface area contributed by atoms with E-state index in [0.29, 0.717) is 6.42 Å². The van der Waals surface area contributed by atoms with Crippen LogP contribution in [0.15, 0.2) is 12.1 Å². The van der Waals surface area contributed by atoms with Crippen LogP contribution in [0.5, 0.6) is 0 Å². The molecule has 0 saturated carbocycles. The second-order valence-corrected chi connectivity index (χ2v) is 2.72. The van der Waals surface area contributed by atoms with Crippen LogP contribution in [0.3, 0.4) is 0 Å². The Hall–Kier alpha value is -0.960.